The Morgan fingerprint density at radius 3 is 2.62 bits per heavy atom. The maximum atomic E-state index is 12.3. The maximum Gasteiger partial charge on any atom is 0.336 e. The molecule has 0 saturated carbocycles. The highest BCUT2D eigenvalue weighted by atomic mass is 16.5. The van der Waals surface area contributed by atoms with Gasteiger partial charge in [-0.3, -0.25) is 10.2 Å². The second-order valence-corrected chi connectivity index (χ2v) is 6.05. The molecule has 8 heteroatoms. The van der Waals surface area contributed by atoms with E-state index in [0.717, 1.165) is 5.01 Å². The van der Waals surface area contributed by atoms with Gasteiger partial charge in [0.2, 0.25) is 5.91 Å². The molecule has 1 heterocycles. The van der Waals surface area contributed by atoms with Crippen LogP contribution >= 0.6 is 0 Å². The fraction of sp³-hybridized carbons (Fsp3) is 0.438. The predicted octanol–water partition coefficient (Wildman–Crippen LogP) is 0.824. The van der Waals surface area contributed by atoms with Crippen molar-refractivity contribution in [1.29, 1.82) is 5.26 Å². The van der Waals surface area contributed by atoms with Gasteiger partial charge in [0.05, 0.1) is 11.6 Å². The molecule has 24 heavy (non-hydrogen) atoms. The first-order valence-electron chi connectivity index (χ1n) is 7.40. The van der Waals surface area contributed by atoms with Gasteiger partial charge in [0.1, 0.15) is 23.5 Å². The Morgan fingerprint density at radius 1 is 1.42 bits per heavy atom. The summed E-state index contributed by atoms with van der Waals surface area (Å²) in [6.45, 7) is 4.63. The Kier molecular flexibility index (Phi) is 4.66. The number of nitrogens with one attached hydrogen (secondary N) is 2. The largest absolute Gasteiger partial charge is 0.485 e. The number of ether oxygens (including phenoxy) is 1. The smallest absolute Gasteiger partial charge is 0.336 e. The quantitative estimate of drug-likeness (QED) is 0.659. The molecule has 1 aliphatic heterocycles. The zero-order valence-electron chi connectivity index (χ0n) is 14.0. The van der Waals surface area contributed by atoms with Crippen LogP contribution < -0.4 is 15.5 Å². The van der Waals surface area contributed by atoms with Crippen molar-refractivity contribution in [3.63, 3.8) is 0 Å². The first-order valence-corrected chi connectivity index (χ1v) is 7.40. The molecule has 8 nitrogen and oxygen atoms in total. The lowest BCUT2D eigenvalue weighted by atomic mass is 9.85. The number of nitriles is 1. The third-order valence-corrected chi connectivity index (χ3v) is 3.83. The first kappa shape index (κ1) is 17.6. The van der Waals surface area contributed by atoms with E-state index in [0.29, 0.717) is 16.9 Å². The Bertz CT molecular complexity index is 711. The molecule has 2 rings (SSSR count). The topological polar surface area (TPSA) is 115 Å². The lowest BCUT2D eigenvalue weighted by Gasteiger charge is -2.45. The number of benzene rings is 1. The van der Waals surface area contributed by atoms with Crippen LogP contribution in [-0.2, 0) is 4.79 Å². The van der Waals surface area contributed by atoms with Crippen molar-refractivity contribution >= 4 is 11.9 Å². The maximum absolute atomic E-state index is 12.3. The SMILES string of the molecule is CNC(=O)N(NC(C)=O)[C@@H]1c2cc(C#N)ccc2OC(C)(C)[C@H]1O. The highest BCUT2D eigenvalue weighted by Gasteiger charge is 2.47. The van der Waals surface area contributed by atoms with Gasteiger partial charge in [0.25, 0.3) is 0 Å². The van der Waals surface area contributed by atoms with Crippen molar-refractivity contribution in [3.8, 4) is 11.8 Å². The molecule has 2 atom stereocenters. The molecular weight excluding hydrogens is 312 g/mol. The standard InChI is InChI=1S/C16H20N4O4/c1-9(21)19-20(15(23)18-4)13-11-7-10(8-17)5-6-12(11)24-16(2,3)14(13)22/h5-7,13-14,22H,1-4H3,(H,18,23)(H,19,21)/t13-,14+/m1/s1. The van der Waals surface area contributed by atoms with Crippen molar-refractivity contribution in [3.05, 3.63) is 29.3 Å². The summed E-state index contributed by atoms with van der Waals surface area (Å²) >= 11 is 0. The van der Waals surface area contributed by atoms with Crippen molar-refractivity contribution < 1.29 is 19.4 Å². The summed E-state index contributed by atoms with van der Waals surface area (Å²) in [5, 5.41) is 23.3. The lowest BCUT2D eigenvalue weighted by molar-refractivity contribution is -0.129. The Morgan fingerprint density at radius 2 is 2.08 bits per heavy atom. The van der Waals surface area contributed by atoms with Gasteiger partial charge in [0, 0.05) is 19.5 Å². The van der Waals surface area contributed by atoms with Gasteiger partial charge in [-0.05, 0) is 32.0 Å². The monoisotopic (exact) mass is 332 g/mol. The van der Waals surface area contributed by atoms with Crippen LogP contribution in [-0.4, -0.2) is 40.8 Å². The summed E-state index contributed by atoms with van der Waals surface area (Å²) in [7, 11) is 1.42. The molecule has 1 aromatic rings. The number of hydrazine groups is 1. The minimum atomic E-state index is -1.14. The molecule has 0 bridgehead atoms. The van der Waals surface area contributed by atoms with E-state index in [4.69, 9.17) is 10.00 Å². The molecule has 128 valence electrons. The number of rotatable bonds is 1. The van der Waals surface area contributed by atoms with Gasteiger partial charge < -0.3 is 15.2 Å². The summed E-state index contributed by atoms with van der Waals surface area (Å²) in [4.78, 5) is 23.8. The molecule has 0 spiro atoms. The van der Waals surface area contributed by atoms with E-state index in [1.54, 1.807) is 26.0 Å². The number of nitrogens with zero attached hydrogens (tertiary/aromatic N) is 2. The number of hydrogen-bond acceptors (Lipinski definition) is 5. The molecule has 0 fully saturated rings. The van der Waals surface area contributed by atoms with Crippen molar-refractivity contribution in [2.75, 3.05) is 7.05 Å². The molecule has 0 saturated heterocycles. The van der Waals surface area contributed by atoms with Gasteiger partial charge in [-0.15, -0.1) is 0 Å². The first-order chi connectivity index (χ1) is 11.2. The number of carbonyl (C=O) groups is 2. The molecule has 3 amide bonds. The van der Waals surface area contributed by atoms with Crippen LogP contribution in [0.1, 0.15) is 37.9 Å². The predicted molar refractivity (Wildman–Crippen MR) is 84.7 cm³/mol. The number of fused-ring (bicyclic) bond motifs is 1. The molecule has 3 N–H and O–H groups in total. The highest BCUT2D eigenvalue weighted by Crippen LogP contribution is 2.42. The minimum absolute atomic E-state index is 0.355. The second kappa shape index (κ2) is 6.37. The van der Waals surface area contributed by atoms with E-state index in [-0.39, 0.29) is 0 Å². The second-order valence-electron chi connectivity index (χ2n) is 6.05. The summed E-state index contributed by atoms with van der Waals surface area (Å²) in [5.74, 6) is -0.0263. The summed E-state index contributed by atoms with van der Waals surface area (Å²) in [6.07, 6.45) is -1.14. The zero-order chi connectivity index (χ0) is 18.1. The molecule has 0 radical (unpaired) electrons. The van der Waals surface area contributed by atoms with Gasteiger partial charge in [-0.2, -0.15) is 5.26 Å². The number of carbonyl (C=O) groups excluding carboxylic acids is 2. The Balaban J connectivity index is 2.62. The number of amides is 3. The van der Waals surface area contributed by atoms with Gasteiger partial charge in [0.15, 0.2) is 0 Å². The van der Waals surface area contributed by atoms with E-state index in [9.17, 15) is 14.7 Å². The number of aliphatic hydroxyl groups excluding tert-OH is 1. The Hall–Kier alpha value is -2.79. The molecule has 0 aliphatic carbocycles. The van der Waals surface area contributed by atoms with E-state index < -0.39 is 29.7 Å². The van der Waals surface area contributed by atoms with Crippen molar-refractivity contribution in [1.82, 2.24) is 15.8 Å². The van der Waals surface area contributed by atoms with Gasteiger partial charge in [-0.25, -0.2) is 9.80 Å². The average molecular weight is 332 g/mol. The Labute approximate surface area is 140 Å². The highest BCUT2D eigenvalue weighted by molar-refractivity contribution is 5.80. The van der Waals surface area contributed by atoms with Crippen LogP contribution in [0.5, 0.6) is 5.75 Å². The van der Waals surface area contributed by atoms with E-state index >= 15 is 0 Å². The molecule has 1 aliphatic rings. The van der Waals surface area contributed by atoms with Gasteiger partial charge in [-0.1, -0.05) is 0 Å². The van der Waals surface area contributed by atoms with E-state index in [2.05, 4.69) is 10.7 Å². The van der Waals surface area contributed by atoms with Crippen LogP contribution in [0, 0.1) is 11.3 Å². The summed E-state index contributed by atoms with van der Waals surface area (Å²) in [6, 6.07) is 5.24. The van der Waals surface area contributed by atoms with E-state index in [1.165, 1.54) is 20.0 Å². The zero-order valence-corrected chi connectivity index (χ0v) is 14.0. The third-order valence-electron chi connectivity index (χ3n) is 3.83. The van der Waals surface area contributed by atoms with Crippen molar-refractivity contribution in [2.45, 2.75) is 38.5 Å². The minimum Gasteiger partial charge on any atom is -0.485 e. The fourth-order valence-corrected chi connectivity index (χ4v) is 2.65. The number of aliphatic hydroxyl groups is 1. The molecular formula is C16H20N4O4. The lowest BCUT2D eigenvalue weighted by Crippen LogP contribution is -2.60. The van der Waals surface area contributed by atoms with Crippen molar-refractivity contribution in [2.24, 2.45) is 0 Å². The normalized spacial score (nSPS) is 20.8. The summed E-state index contributed by atoms with van der Waals surface area (Å²) in [5.41, 5.74) is 2.23. The third kappa shape index (κ3) is 3.12. The van der Waals surface area contributed by atoms with E-state index in [1.807, 2.05) is 6.07 Å². The molecule has 1 aromatic carbocycles. The van der Waals surface area contributed by atoms with Crippen LogP contribution in [0.4, 0.5) is 4.79 Å². The van der Waals surface area contributed by atoms with Crippen LogP contribution in [0.15, 0.2) is 18.2 Å². The number of hydrogen-bond donors (Lipinski definition) is 3. The van der Waals surface area contributed by atoms with Crippen LogP contribution in [0.2, 0.25) is 0 Å². The fourth-order valence-electron chi connectivity index (χ4n) is 2.65. The molecule has 0 aromatic heterocycles. The average Bonchev–Trinajstić information content (AvgIpc) is 2.53. The summed E-state index contributed by atoms with van der Waals surface area (Å²) < 4.78 is 5.80. The van der Waals surface area contributed by atoms with Crippen LogP contribution in [0.25, 0.3) is 0 Å². The molecule has 0 unspecified atom stereocenters. The van der Waals surface area contributed by atoms with Crippen LogP contribution in [0.3, 0.4) is 0 Å². The van der Waals surface area contributed by atoms with Gasteiger partial charge >= 0.3 is 6.03 Å². The number of urea groups is 1.